The first-order valence-corrected chi connectivity index (χ1v) is 8.35. The molecule has 0 fully saturated rings. The predicted octanol–water partition coefficient (Wildman–Crippen LogP) is 4.34. The Morgan fingerprint density at radius 3 is 2.32 bits per heavy atom. The minimum absolute atomic E-state index is 0.257. The molecule has 2 rings (SSSR count). The number of ether oxygens (including phenoxy) is 1. The van der Waals surface area contributed by atoms with Crippen molar-refractivity contribution in [1.29, 1.82) is 0 Å². The van der Waals surface area contributed by atoms with E-state index in [2.05, 4.69) is 37.5 Å². The molecule has 0 bridgehead atoms. The van der Waals surface area contributed by atoms with Crippen molar-refractivity contribution in [1.82, 2.24) is 14.7 Å². The highest BCUT2D eigenvalue weighted by Gasteiger charge is 2.26. The van der Waals surface area contributed by atoms with Gasteiger partial charge in [-0.1, -0.05) is 34.1 Å². The molecule has 22 heavy (non-hydrogen) atoms. The summed E-state index contributed by atoms with van der Waals surface area (Å²) >= 11 is 0. The standard InChI is InChI=1S/C12H19N3O2.C3H8.C2H6/c1-8(2)15-11-5-6-14(12(16)17-4)7-10(11)9(3)13-15;1-3-2;1-2/h8H,5-7H2,1-4H3;3H2,1-2H3;1-2H3. The Hall–Kier alpha value is -1.52. The van der Waals surface area contributed by atoms with Crippen LogP contribution in [0.25, 0.3) is 0 Å². The lowest BCUT2D eigenvalue weighted by Gasteiger charge is -2.26. The third kappa shape index (κ3) is 5.04. The van der Waals surface area contributed by atoms with Crippen molar-refractivity contribution >= 4 is 6.09 Å². The van der Waals surface area contributed by atoms with Crippen molar-refractivity contribution in [2.45, 2.75) is 73.9 Å². The lowest BCUT2D eigenvalue weighted by Crippen LogP contribution is -2.36. The minimum Gasteiger partial charge on any atom is -0.453 e. The Labute approximate surface area is 135 Å². The number of hydrogen-bond acceptors (Lipinski definition) is 3. The largest absolute Gasteiger partial charge is 0.453 e. The van der Waals surface area contributed by atoms with Gasteiger partial charge in [0.2, 0.25) is 0 Å². The summed E-state index contributed by atoms with van der Waals surface area (Å²) in [6, 6.07) is 0.363. The molecule has 5 heteroatoms. The van der Waals surface area contributed by atoms with Gasteiger partial charge >= 0.3 is 6.09 Å². The van der Waals surface area contributed by atoms with Crippen molar-refractivity contribution in [3.63, 3.8) is 0 Å². The predicted molar refractivity (Wildman–Crippen MR) is 91.2 cm³/mol. The molecule has 2 heterocycles. The van der Waals surface area contributed by atoms with E-state index >= 15 is 0 Å². The molecule has 0 spiro atoms. The van der Waals surface area contributed by atoms with Crippen LogP contribution in [0, 0.1) is 6.92 Å². The van der Waals surface area contributed by atoms with Crippen LogP contribution >= 0.6 is 0 Å². The molecule has 5 nitrogen and oxygen atoms in total. The smallest absolute Gasteiger partial charge is 0.409 e. The van der Waals surface area contributed by atoms with Gasteiger partial charge in [-0.25, -0.2) is 4.79 Å². The summed E-state index contributed by atoms with van der Waals surface area (Å²) in [5.74, 6) is 0. The lowest BCUT2D eigenvalue weighted by atomic mass is 10.1. The number of rotatable bonds is 1. The van der Waals surface area contributed by atoms with Gasteiger partial charge in [-0.3, -0.25) is 4.68 Å². The van der Waals surface area contributed by atoms with Gasteiger partial charge < -0.3 is 9.64 Å². The SMILES string of the molecule is CC.CCC.COC(=O)N1CCc2c(c(C)nn2C(C)C)C1. The van der Waals surface area contributed by atoms with Crippen molar-refractivity contribution in [2.24, 2.45) is 0 Å². The first kappa shape index (κ1) is 20.5. The average molecular weight is 311 g/mol. The Balaban J connectivity index is 0.000000789. The highest BCUT2D eigenvalue weighted by Crippen LogP contribution is 2.24. The molecule has 1 amide bonds. The number of aromatic nitrogens is 2. The second-order valence-corrected chi connectivity index (χ2v) is 5.40. The third-order valence-corrected chi connectivity index (χ3v) is 3.21. The normalized spacial score (nSPS) is 12.7. The molecule has 0 atom stereocenters. The van der Waals surface area contributed by atoms with Crippen molar-refractivity contribution in [3.05, 3.63) is 17.0 Å². The van der Waals surface area contributed by atoms with Crippen LogP contribution in [-0.2, 0) is 17.7 Å². The van der Waals surface area contributed by atoms with Crippen LogP contribution in [0.1, 0.15) is 71.0 Å². The number of amides is 1. The molecule has 1 aromatic heterocycles. The fourth-order valence-electron chi connectivity index (χ4n) is 2.32. The van der Waals surface area contributed by atoms with Crippen LogP contribution in [0.4, 0.5) is 4.79 Å². The second kappa shape index (κ2) is 10.2. The number of carbonyl (C=O) groups is 1. The van der Waals surface area contributed by atoms with Crippen molar-refractivity contribution in [3.8, 4) is 0 Å². The fourth-order valence-corrected chi connectivity index (χ4v) is 2.32. The maximum absolute atomic E-state index is 11.5. The molecule has 0 radical (unpaired) electrons. The zero-order valence-electron chi connectivity index (χ0n) is 15.6. The van der Waals surface area contributed by atoms with Crippen molar-refractivity contribution < 1.29 is 9.53 Å². The summed E-state index contributed by atoms with van der Waals surface area (Å²) in [4.78, 5) is 13.2. The second-order valence-electron chi connectivity index (χ2n) is 5.40. The summed E-state index contributed by atoms with van der Waals surface area (Å²) in [7, 11) is 1.42. The Morgan fingerprint density at radius 1 is 1.32 bits per heavy atom. The van der Waals surface area contributed by atoms with E-state index < -0.39 is 0 Å². The highest BCUT2D eigenvalue weighted by molar-refractivity contribution is 5.68. The molecule has 0 saturated carbocycles. The van der Waals surface area contributed by atoms with Gasteiger partial charge in [-0.15, -0.1) is 0 Å². The fraction of sp³-hybridized carbons (Fsp3) is 0.765. The van der Waals surface area contributed by atoms with Crippen LogP contribution in [0.2, 0.25) is 0 Å². The summed E-state index contributed by atoms with van der Waals surface area (Å²) in [6.07, 6.45) is 1.84. The van der Waals surface area contributed by atoms with Gasteiger partial charge in [0.15, 0.2) is 0 Å². The van der Waals surface area contributed by atoms with Gasteiger partial charge in [0.25, 0.3) is 0 Å². The molecule has 1 aliphatic rings. The summed E-state index contributed by atoms with van der Waals surface area (Å²) in [5.41, 5.74) is 3.45. The van der Waals surface area contributed by atoms with E-state index in [1.54, 1.807) is 4.90 Å². The molecular formula is C17H33N3O2. The zero-order chi connectivity index (χ0) is 17.3. The summed E-state index contributed by atoms with van der Waals surface area (Å²) < 4.78 is 6.83. The summed E-state index contributed by atoms with van der Waals surface area (Å²) in [6.45, 7) is 15.8. The maximum Gasteiger partial charge on any atom is 0.409 e. The monoisotopic (exact) mass is 311 g/mol. The van der Waals surface area contributed by atoms with Crippen LogP contribution in [-0.4, -0.2) is 34.4 Å². The van der Waals surface area contributed by atoms with Gasteiger partial charge in [0, 0.05) is 30.3 Å². The number of hydrogen-bond donors (Lipinski definition) is 0. The van der Waals surface area contributed by atoms with E-state index in [0.717, 1.165) is 12.1 Å². The number of nitrogens with zero attached hydrogens (tertiary/aromatic N) is 3. The highest BCUT2D eigenvalue weighted by atomic mass is 16.5. The maximum atomic E-state index is 11.5. The van der Waals surface area contributed by atoms with Crippen molar-refractivity contribution in [2.75, 3.05) is 13.7 Å². The Morgan fingerprint density at radius 2 is 1.86 bits per heavy atom. The van der Waals surface area contributed by atoms with Crippen LogP contribution in [0.5, 0.6) is 0 Å². The van der Waals surface area contributed by atoms with E-state index in [1.165, 1.54) is 24.8 Å². The third-order valence-electron chi connectivity index (χ3n) is 3.21. The molecule has 0 aromatic carbocycles. The first-order valence-electron chi connectivity index (χ1n) is 8.35. The van der Waals surface area contributed by atoms with Gasteiger partial charge in [-0.05, 0) is 20.8 Å². The van der Waals surface area contributed by atoms with E-state index in [4.69, 9.17) is 4.74 Å². The molecule has 1 aromatic rings. The minimum atomic E-state index is -0.257. The quantitative estimate of drug-likeness (QED) is 0.775. The molecule has 0 saturated heterocycles. The molecule has 0 N–H and O–H groups in total. The van der Waals surface area contributed by atoms with Crippen LogP contribution in [0.15, 0.2) is 0 Å². The Bertz CT molecular complexity index is 453. The first-order chi connectivity index (χ1) is 10.5. The number of carbonyl (C=O) groups excluding carboxylic acids is 1. The molecule has 0 aliphatic carbocycles. The van der Waals surface area contributed by atoms with Gasteiger partial charge in [0.1, 0.15) is 0 Å². The topological polar surface area (TPSA) is 47.4 Å². The van der Waals surface area contributed by atoms with Crippen LogP contribution < -0.4 is 0 Å². The van der Waals surface area contributed by atoms with E-state index in [-0.39, 0.29) is 6.09 Å². The number of methoxy groups -OCH3 is 1. The molecule has 0 unspecified atom stereocenters. The molecule has 1 aliphatic heterocycles. The number of aryl methyl sites for hydroxylation is 1. The van der Waals surface area contributed by atoms with E-state index in [9.17, 15) is 4.79 Å². The van der Waals surface area contributed by atoms with E-state index in [1.807, 2.05) is 20.8 Å². The summed E-state index contributed by atoms with van der Waals surface area (Å²) in [5, 5.41) is 4.55. The van der Waals surface area contributed by atoms with Gasteiger partial charge in [0.05, 0.1) is 19.3 Å². The molecular weight excluding hydrogens is 278 g/mol. The zero-order valence-corrected chi connectivity index (χ0v) is 15.6. The lowest BCUT2D eigenvalue weighted by molar-refractivity contribution is 0.118. The Kier molecular flexibility index (Phi) is 9.54. The van der Waals surface area contributed by atoms with E-state index in [0.29, 0.717) is 19.1 Å². The van der Waals surface area contributed by atoms with Crippen LogP contribution in [0.3, 0.4) is 0 Å². The van der Waals surface area contributed by atoms with Gasteiger partial charge in [-0.2, -0.15) is 5.10 Å². The number of fused-ring (bicyclic) bond motifs is 1. The molecule has 128 valence electrons. The average Bonchev–Trinajstić information content (AvgIpc) is 2.86.